The lowest BCUT2D eigenvalue weighted by molar-refractivity contribution is 0.232. The first kappa shape index (κ1) is 22.1. The minimum atomic E-state index is 0.520. The summed E-state index contributed by atoms with van der Waals surface area (Å²) in [5.41, 5.74) is 4.22. The third kappa shape index (κ3) is 4.07. The summed E-state index contributed by atoms with van der Waals surface area (Å²) in [5, 5.41) is 6.32. The molecule has 6 nitrogen and oxygen atoms in total. The van der Waals surface area contributed by atoms with Gasteiger partial charge in [0.15, 0.2) is 11.3 Å². The average Bonchev–Trinajstić information content (AvgIpc) is 3.46. The van der Waals surface area contributed by atoms with Crippen LogP contribution in [0.15, 0.2) is 54.9 Å². The van der Waals surface area contributed by atoms with Crippen molar-refractivity contribution in [1.29, 1.82) is 0 Å². The van der Waals surface area contributed by atoms with Crippen molar-refractivity contribution in [3.8, 4) is 16.9 Å². The van der Waals surface area contributed by atoms with Crippen LogP contribution in [0.3, 0.4) is 0 Å². The van der Waals surface area contributed by atoms with E-state index in [0.717, 1.165) is 66.4 Å². The normalized spacial score (nSPS) is 16.3. The molecule has 1 fully saturated rings. The highest BCUT2D eigenvalue weighted by atomic mass is 35.5. The fraction of sp³-hybridized carbons (Fsp3) is 0.320. The van der Waals surface area contributed by atoms with Gasteiger partial charge in [0.05, 0.1) is 10.7 Å². The number of para-hydroxylation sites is 1. The van der Waals surface area contributed by atoms with Crippen molar-refractivity contribution < 1.29 is 0 Å². The monoisotopic (exact) mass is 480 g/mol. The molecule has 8 heteroatoms. The molecular formula is C25H26Cl2N6. The van der Waals surface area contributed by atoms with Crippen LogP contribution in [0.2, 0.25) is 10.0 Å². The Bertz CT molecular complexity index is 1270. The molecule has 0 radical (unpaired) electrons. The second-order valence-corrected chi connectivity index (χ2v) is 9.07. The fourth-order valence-electron chi connectivity index (χ4n) is 4.75. The number of aromatic nitrogens is 4. The van der Waals surface area contributed by atoms with Crippen LogP contribution >= 0.6 is 23.2 Å². The standard InChI is InChI=1S/C25H26Cl2N6/c1-3-31(4-2)19-13-14-32(15-19)25-23-22(28-16-29-25)24(17-9-11-18(26)12-10-17)33(30-23)21-8-6-5-7-20(21)27/h5-12,16,19H,3-4,13-15H2,1-2H3. The quantitative estimate of drug-likeness (QED) is 0.353. The van der Waals surface area contributed by atoms with Gasteiger partial charge >= 0.3 is 0 Å². The number of benzene rings is 2. The van der Waals surface area contributed by atoms with Crippen LogP contribution in [-0.2, 0) is 0 Å². The zero-order chi connectivity index (χ0) is 22.9. The van der Waals surface area contributed by atoms with Crippen LogP contribution in [0.1, 0.15) is 20.3 Å². The van der Waals surface area contributed by atoms with Crippen molar-refractivity contribution in [2.75, 3.05) is 31.1 Å². The smallest absolute Gasteiger partial charge is 0.160 e. The third-order valence-electron chi connectivity index (χ3n) is 6.43. The Balaban J connectivity index is 1.67. The molecule has 4 aromatic rings. The van der Waals surface area contributed by atoms with Crippen LogP contribution in [0, 0.1) is 0 Å². The molecule has 0 N–H and O–H groups in total. The molecule has 33 heavy (non-hydrogen) atoms. The van der Waals surface area contributed by atoms with Crippen LogP contribution < -0.4 is 4.90 Å². The summed E-state index contributed by atoms with van der Waals surface area (Å²) in [6.07, 6.45) is 2.75. The number of hydrogen-bond donors (Lipinski definition) is 0. The lowest BCUT2D eigenvalue weighted by Gasteiger charge is -2.26. The molecule has 0 amide bonds. The summed E-state index contributed by atoms with van der Waals surface area (Å²) in [4.78, 5) is 14.2. The Morgan fingerprint density at radius 3 is 2.45 bits per heavy atom. The molecule has 2 aromatic carbocycles. The minimum absolute atomic E-state index is 0.520. The maximum atomic E-state index is 6.59. The van der Waals surface area contributed by atoms with Gasteiger partial charge in [0.2, 0.25) is 0 Å². The minimum Gasteiger partial charge on any atom is -0.353 e. The van der Waals surface area contributed by atoms with Gasteiger partial charge in [-0.1, -0.05) is 61.3 Å². The molecular weight excluding hydrogens is 455 g/mol. The first-order valence-corrected chi connectivity index (χ1v) is 12.1. The van der Waals surface area contributed by atoms with Crippen molar-refractivity contribution >= 4 is 40.1 Å². The molecule has 1 saturated heterocycles. The first-order valence-electron chi connectivity index (χ1n) is 11.3. The summed E-state index contributed by atoms with van der Waals surface area (Å²) in [5.74, 6) is 0.871. The van der Waals surface area contributed by atoms with E-state index in [1.807, 2.05) is 53.2 Å². The van der Waals surface area contributed by atoms with E-state index in [1.165, 1.54) is 0 Å². The number of hydrogen-bond acceptors (Lipinski definition) is 5. The Labute approximate surface area is 203 Å². The number of fused-ring (bicyclic) bond motifs is 1. The molecule has 1 unspecified atom stereocenters. The highest BCUT2D eigenvalue weighted by Gasteiger charge is 2.30. The zero-order valence-electron chi connectivity index (χ0n) is 18.7. The van der Waals surface area contributed by atoms with Gasteiger partial charge < -0.3 is 4.90 Å². The van der Waals surface area contributed by atoms with E-state index in [9.17, 15) is 0 Å². The van der Waals surface area contributed by atoms with E-state index in [4.69, 9.17) is 28.3 Å². The molecule has 0 spiro atoms. The summed E-state index contributed by atoms with van der Waals surface area (Å²) in [6.45, 7) is 8.43. The zero-order valence-corrected chi connectivity index (χ0v) is 20.3. The number of halogens is 2. The Kier molecular flexibility index (Phi) is 6.23. The highest BCUT2D eigenvalue weighted by molar-refractivity contribution is 6.32. The molecule has 5 rings (SSSR count). The molecule has 0 saturated carbocycles. The molecule has 2 aromatic heterocycles. The predicted octanol–water partition coefficient (Wildman–Crippen LogP) is 5.71. The first-order chi connectivity index (χ1) is 16.1. The Morgan fingerprint density at radius 1 is 0.970 bits per heavy atom. The molecule has 1 aliphatic rings. The predicted molar refractivity (Wildman–Crippen MR) is 136 cm³/mol. The van der Waals surface area contributed by atoms with Crippen LogP contribution in [-0.4, -0.2) is 56.9 Å². The third-order valence-corrected chi connectivity index (χ3v) is 7.00. The van der Waals surface area contributed by atoms with Crippen LogP contribution in [0.4, 0.5) is 5.82 Å². The van der Waals surface area contributed by atoms with Gasteiger partial charge in [-0.25, -0.2) is 14.6 Å². The van der Waals surface area contributed by atoms with E-state index >= 15 is 0 Å². The summed E-state index contributed by atoms with van der Waals surface area (Å²) in [7, 11) is 0. The van der Waals surface area contributed by atoms with Crippen molar-refractivity contribution in [3.05, 3.63) is 64.9 Å². The van der Waals surface area contributed by atoms with Crippen molar-refractivity contribution in [2.45, 2.75) is 26.3 Å². The maximum absolute atomic E-state index is 6.59. The highest BCUT2D eigenvalue weighted by Crippen LogP contribution is 2.36. The van der Waals surface area contributed by atoms with E-state index in [2.05, 4.69) is 33.6 Å². The summed E-state index contributed by atoms with van der Waals surface area (Å²) >= 11 is 12.8. The van der Waals surface area contributed by atoms with Crippen molar-refractivity contribution in [1.82, 2.24) is 24.6 Å². The molecule has 3 heterocycles. The Hall–Kier alpha value is -2.67. The summed E-state index contributed by atoms with van der Waals surface area (Å²) < 4.78 is 1.88. The molecule has 1 aliphatic heterocycles. The van der Waals surface area contributed by atoms with E-state index in [1.54, 1.807) is 6.33 Å². The molecule has 1 atom stereocenters. The van der Waals surface area contributed by atoms with Crippen LogP contribution in [0.25, 0.3) is 28.0 Å². The van der Waals surface area contributed by atoms with E-state index in [0.29, 0.717) is 16.1 Å². The maximum Gasteiger partial charge on any atom is 0.160 e. The van der Waals surface area contributed by atoms with E-state index < -0.39 is 0 Å². The number of anilines is 1. The second kappa shape index (κ2) is 9.29. The largest absolute Gasteiger partial charge is 0.353 e. The van der Waals surface area contributed by atoms with Gasteiger partial charge in [-0.15, -0.1) is 0 Å². The van der Waals surface area contributed by atoms with Gasteiger partial charge in [0.1, 0.15) is 17.5 Å². The SMILES string of the molecule is CCN(CC)C1CCN(c2ncnc3c(-c4ccc(Cl)cc4)n(-c4ccccc4Cl)nc23)C1. The fourth-order valence-corrected chi connectivity index (χ4v) is 5.10. The lowest BCUT2D eigenvalue weighted by Crippen LogP contribution is -2.37. The van der Waals surface area contributed by atoms with Gasteiger partial charge in [-0.3, -0.25) is 4.90 Å². The topological polar surface area (TPSA) is 50.1 Å². The molecule has 0 aliphatic carbocycles. The lowest BCUT2D eigenvalue weighted by atomic mass is 10.1. The Morgan fingerprint density at radius 2 is 1.73 bits per heavy atom. The van der Waals surface area contributed by atoms with Crippen molar-refractivity contribution in [3.63, 3.8) is 0 Å². The average molecular weight is 481 g/mol. The second-order valence-electron chi connectivity index (χ2n) is 8.22. The van der Waals surface area contributed by atoms with Gasteiger partial charge in [0, 0.05) is 29.7 Å². The van der Waals surface area contributed by atoms with E-state index in [-0.39, 0.29) is 0 Å². The molecule has 170 valence electrons. The van der Waals surface area contributed by atoms with Gasteiger partial charge in [-0.2, -0.15) is 5.10 Å². The number of rotatable bonds is 6. The number of likely N-dealkylation sites (N-methyl/N-ethyl adjacent to an activating group) is 1. The summed E-state index contributed by atoms with van der Waals surface area (Å²) in [6, 6.07) is 16.0. The van der Waals surface area contributed by atoms with Gasteiger partial charge in [-0.05, 0) is 43.8 Å². The van der Waals surface area contributed by atoms with Gasteiger partial charge in [0.25, 0.3) is 0 Å². The van der Waals surface area contributed by atoms with Crippen molar-refractivity contribution in [2.24, 2.45) is 0 Å². The van der Waals surface area contributed by atoms with Crippen LogP contribution in [0.5, 0.6) is 0 Å². The number of nitrogens with zero attached hydrogens (tertiary/aromatic N) is 6. The molecule has 0 bridgehead atoms.